The predicted molar refractivity (Wildman–Crippen MR) is 59.3 cm³/mol. The molecule has 0 spiro atoms. The van der Waals surface area contributed by atoms with Crippen LogP contribution in [0.2, 0.25) is 5.28 Å². The van der Waals surface area contributed by atoms with E-state index in [0.717, 1.165) is 5.56 Å². The van der Waals surface area contributed by atoms with Gasteiger partial charge in [0.05, 0.1) is 11.9 Å². The molecule has 1 aromatic heterocycles. The van der Waals surface area contributed by atoms with Gasteiger partial charge in [-0.15, -0.1) is 5.10 Å². The Morgan fingerprint density at radius 1 is 1.38 bits per heavy atom. The number of benzene rings is 1. The van der Waals surface area contributed by atoms with E-state index in [1.54, 1.807) is 12.1 Å². The zero-order chi connectivity index (χ0) is 11.5. The van der Waals surface area contributed by atoms with Crippen LogP contribution in [0.15, 0.2) is 24.4 Å². The average molecular weight is 239 g/mol. The van der Waals surface area contributed by atoms with Crippen molar-refractivity contribution in [2.24, 2.45) is 0 Å². The molecule has 0 bridgehead atoms. The molecule has 0 amide bonds. The fourth-order valence-corrected chi connectivity index (χ4v) is 1.34. The molecule has 2 rings (SSSR count). The first-order chi connectivity index (χ1) is 7.65. The molecule has 82 valence electrons. The zero-order valence-corrected chi connectivity index (χ0v) is 9.16. The SMILES string of the molecule is Cc1ccc(Nc2cnnc(Cl)n2)c(F)c1. The van der Waals surface area contributed by atoms with E-state index in [9.17, 15) is 4.39 Å². The summed E-state index contributed by atoms with van der Waals surface area (Å²) in [5.41, 5.74) is 1.17. The van der Waals surface area contributed by atoms with Crippen LogP contribution in [0.1, 0.15) is 5.56 Å². The minimum absolute atomic E-state index is 0.0116. The molecule has 0 atom stereocenters. The lowest BCUT2D eigenvalue weighted by atomic mass is 10.2. The molecule has 0 saturated carbocycles. The fraction of sp³-hybridized carbons (Fsp3) is 0.100. The topological polar surface area (TPSA) is 50.7 Å². The summed E-state index contributed by atoms with van der Waals surface area (Å²) < 4.78 is 13.5. The number of anilines is 2. The minimum Gasteiger partial charge on any atom is -0.336 e. The molecule has 1 N–H and O–H groups in total. The third-order valence-electron chi connectivity index (χ3n) is 1.92. The lowest BCUT2D eigenvalue weighted by molar-refractivity contribution is 0.630. The van der Waals surface area contributed by atoms with Gasteiger partial charge in [0, 0.05) is 0 Å². The van der Waals surface area contributed by atoms with E-state index in [0.29, 0.717) is 11.5 Å². The average Bonchev–Trinajstić information content (AvgIpc) is 2.22. The van der Waals surface area contributed by atoms with E-state index in [-0.39, 0.29) is 11.1 Å². The van der Waals surface area contributed by atoms with E-state index >= 15 is 0 Å². The van der Waals surface area contributed by atoms with Gasteiger partial charge in [-0.2, -0.15) is 10.1 Å². The van der Waals surface area contributed by atoms with Gasteiger partial charge in [-0.05, 0) is 36.2 Å². The maximum Gasteiger partial charge on any atom is 0.244 e. The van der Waals surface area contributed by atoms with Gasteiger partial charge in [0.15, 0.2) is 5.82 Å². The van der Waals surface area contributed by atoms with E-state index in [2.05, 4.69) is 20.5 Å². The van der Waals surface area contributed by atoms with Gasteiger partial charge >= 0.3 is 0 Å². The molecule has 1 aromatic carbocycles. The van der Waals surface area contributed by atoms with Gasteiger partial charge in [-0.3, -0.25) is 0 Å². The summed E-state index contributed by atoms with van der Waals surface area (Å²) in [6, 6.07) is 4.85. The van der Waals surface area contributed by atoms with E-state index in [1.807, 2.05) is 6.92 Å². The van der Waals surface area contributed by atoms with Gasteiger partial charge in [0.1, 0.15) is 5.82 Å². The largest absolute Gasteiger partial charge is 0.336 e. The summed E-state index contributed by atoms with van der Waals surface area (Å²) in [4.78, 5) is 3.85. The highest BCUT2D eigenvalue weighted by molar-refractivity contribution is 6.28. The Kier molecular flexibility index (Phi) is 2.96. The first-order valence-electron chi connectivity index (χ1n) is 4.53. The quantitative estimate of drug-likeness (QED) is 0.874. The molecule has 16 heavy (non-hydrogen) atoms. The highest BCUT2D eigenvalue weighted by Gasteiger charge is 2.04. The Labute approximate surface area is 96.5 Å². The standard InChI is InChI=1S/C10H8ClFN4/c1-6-2-3-8(7(12)4-6)14-9-5-13-16-10(11)15-9/h2-5H,1H3,(H,14,15,16). The molecule has 6 heteroatoms. The van der Waals surface area contributed by atoms with Crippen molar-refractivity contribution in [1.29, 1.82) is 0 Å². The highest BCUT2D eigenvalue weighted by atomic mass is 35.5. The maximum absolute atomic E-state index is 13.5. The first-order valence-corrected chi connectivity index (χ1v) is 4.91. The van der Waals surface area contributed by atoms with Gasteiger partial charge < -0.3 is 5.32 Å². The monoisotopic (exact) mass is 238 g/mol. The Hall–Kier alpha value is -1.75. The second-order valence-electron chi connectivity index (χ2n) is 3.22. The molecule has 0 aliphatic carbocycles. The number of hydrogen-bond acceptors (Lipinski definition) is 4. The van der Waals surface area contributed by atoms with Crippen molar-refractivity contribution in [1.82, 2.24) is 15.2 Å². The van der Waals surface area contributed by atoms with Crippen LogP contribution in [0, 0.1) is 12.7 Å². The van der Waals surface area contributed by atoms with Crippen molar-refractivity contribution in [3.63, 3.8) is 0 Å². The summed E-state index contributed by atoms with van der Waals surface area (Å²) in [7, 11) is 0. The van der Waals surface area contributed by atoms with Crippen LogP contribution in [0.5, 0.6) is 0 Å². The molecular formula is C10H8ClFN4. The Bertz CT molecular complexity index is 518. The lowest BCUT2D eigenvalue weighted by Gasteiger charge is -2.06. The summed E-state index contributed by atoms with van der Waals surface area (Å²) in [6.07, 6.45) is 1.37. The zero-order valence-electron chi connectivity index (χ0n) is 8.41. The van der Waals surface area contributed by atoms with Crippen LogP contribution in [-0.2, 0) is 0 Å². The molecule has 0 aliphatic rings. The Morgan fingerprint density at radius 2 is 2.19 bits per heavy atom. The van der Waals surface area contributed by atoms with Crippen LogP contribution in [-0.4, -0.2) is 15.2 Å². The lowest BCUT2D eigenvalue weighted by Crippen LogP contribution is -1.98. The van der Waals surface area contributed by atoms with Crippen LogP contribution >= 0.6 is 11.6 Å². The summed E-state index contributed by atoms with van der Waals surface area (Å²) in [6.45, 7) is 1.82. The Morgan fingerprint density at radius 3 is 2.88 bits per heavy atom. The van der Waals surface area contributed by atoms with Crippen LogP contribution in [0.4, 0.5) is 15.9 Å². The molecule has 0 aliphatic heterocycles. The van der Waals surface area contributed by atoms with E-state index in [1.165, 1.54) is 12.3 Å². The third kappa shape index (κ3) is 2.43. The molecule has 0 unspecified atom stereocenters. The summed E-state index contributed by atoms with van der Waals surface area (Å²) in [5.74, 6) is -0.00233. The molecule has 0 radical (unpaired) electrons. The third-order valence-corrected chi connectivity index (χ3v) is 2.08. The first kappa shape index (κ1) is 10.8. The van der Waals surface area contributed by atoms with Gasteiger partial charge in [0.25, 0.3) is 0 Å². The number of hydrogen-bond donors (Lipinski definition) is 1. The van der Waals surface area contributed by atoms with Crippen LogP contribution in [0.25, 0.3) is 0 Å². The fourth-order valence-electron chi connectivity index (χ4n) is 1.20. The van der Waals surface area contributed by atoms with Crippen molar-refractivity contribution in [2.45, 2.75) is 6.92 Å². The van der Waals surface area contributed by atoms with Gasteiger partial charge in [-0.25, -0.2) is 4.39 Å². The molecule has 0 fully saturated rings. The van der Waals surface area contributed by atoms with Crippen molar-refractivity contribution in [3.8, 4) is 0 Å². The van der Waals surface area contributed by atoms with Crippen LogP contribution in [0.3, 0.4) is 0 Å². The summed E-state index contributed by atoms with van der Waals surface area (Å²) >= 11 is 5.56. The number of nitrogens with one attached hydrogen (secondary N) is 1. The normalized spacial score (nSPS) is 10.2. The molecule has 1 heterocycles. The maximum atomic E-state index is 13.5. The molecule has 4 nitrogen and oxygen atoms in total. The van der Waals surface area contributed by atoms with Crippen LogP contribution < -0.4 is 5.32 Å². The second kappa shape index (κ2) is 4.40. The number of halogens is 2. The van der Waals surface area contributed by atoms with Crippen molar-refractivity contribution in [3.05, 3.63) is 41.1 Å². The van der Waals surface area contributed by atoms with E-state index in [4.69, 9.17) is 11.6 Å². The summed E-state index contributed by atoms with van der Waals surface area (Å²) in [5, 5.41) is 9.87. The number of nitrogens with zero attached hydrogens (tertiary/aromatic N) is 3. The van der Waals surface area contributed by atoms with Crippen molar-refractivity contribution >= 4 is 23.1 Å². The number of aryl methyl sites for hydroxylation is 1. The van der Waals surface area contributed by atoms with Gasteiger partial charge in [0.2, 0.25) is 5.28 Å². The smallest absolute Gasteiger partial charge is 0.244 e. The number of rotatable bonds is 2. The Balaban J connectivity index is 2.27. The van der Waals surface area contributed by atoms with Crippen molar-refractivity contribution in [2.75, 3.05) is 5.32 Å². The van der Waals surface area contributed by atoms with Gasteiger partial charge in [-0.1, -0.05) is 6.07 Å². The predicted octanol–water partition coefficient (Wildman–Crippen LogP) is 2.72. The second-order valence-corrected chi connectivity index (χ2v) is 3.56. The highest BCUT2D eigenvalue weighted by Crippen LogP contribution is 2.19. The minimum atomic E-state index is -0.352. The number of aromatic nitrogens is 3. The van der Waals surface area contributed by atoms with E-state index < -0.39 is 0 Å². The van der Waals surface area contributed by atoms with Crippen molar-refractivity contribution < 1.29 is 4.39 Å². The molecule has 2 aromatic rings. The molecular weight excluding hydrogens is 231 g/mol. The molecule has 0 saturated heterocycles.